The van der Waals surface area contributed by atoms with Gasteiger partial charge in [0.15, 0.2) is 0 Å². The minimum Gasteiger partial charge on any atom is -0.477 e. The van der Waals surface area contributed by atoms with Crippen molar-refractivity contribution >= 4 is 41.4 Å². The van der Waals surface area contributed by atoms with E-state index in [1.54, 1.807) is 0 Å². The molecule has 0 aromatic carbocycles. The topological polar surface area (TPSA) is 105 Å². The van der Waals surface area contributed by atoms with E-state index in [1.165, 1.54) is 0 Å². The van der Waals surface area contributed by atoms with Crippen LogP contribution in [-0.4, -0.2) is 23.3 Å². The molecular formula is C5H5Cl2N3O3. The third kappa shape index (κ3) is 5.05. The lowest BCUT2D eigenvalue weighted by atomic mass is 10.5. The first-order valence-corrected chi connectivity index (χ1v) is 3.57. The third-order valence-electron chi connectivity index (χ3n) is 0.750. The molecule has 0 aliphatic heterocycles. The monoisotopic (exact) mass is 225 g/mol. The second-order valence-corrected chi connectivity index (χ2v) is 2.49. The van der Waals surface area contributed by atoms with Crippen LogP contribution in [0.5, 0.6) is 0 Å². The van der Waals surface area contributed by atoms with E-state index in [1.807, 2.05) is 5.43 Å². The number of amides is 2. The van der Waals surface area contributed by atoms with Crippen molar-refractivity contribution < 1.29 is 14.7 Å². The number of hydrogen-bond donors (Lipinski definition) is 3. The van der Waals surface area contributed by atoms with Crippen LogP contribution in [0.1, 0.15) is 0 Å². The molecule has 6 nitrogen and oxygen atoms in total. The van der Waals surface area contributed by atoms with Crippen molar-refractivity contribution in [1.82, 2.24) is 5.43 Å². The van der Waals surface area contributed by atoms with Crippen molar-refractivity contribution in [3.8, 4) is 0 Å². The zero-order chi connectivity index (χ0) is 10.4. The maximum Gasteiger partial charge on any atom is 0.348 e. The molecule has 2 amide bonds. The second-order valence-electron chi connectivity index (χ2n) is 1.70. The predicted molar refractivity (Wildman–Crippen MR) is 47.6 cm³/mol. The molecule has 72 valence electrons. The molecule has 8 heteroatoms. The van der Waals surface area contributed by atoms with Gasteiger partial charge in [0.2, 0.25) is 0 Å². The number of carbonyl (C=O) groups is 2. The highest BCUT2D eigenvalue weighted by molar-refractivity contribution is 6.51. The summed E-state index contributed by atoms with van der Waals surface area (Å²) in [5.74, 6) is -1.39. The highest BCUT2D eigenvalue weighted by Crippen LogP contribution is 2.11. The molecule has 0 saturated carbocycles. The van der Waals surface area contributed by atoms with Gasteiger partial charge < -0.3 is 10.8 Å². The Labute approximate surface area is 83.0 Å². The van der Waals surface area contributed by atoms with Crippen molar-refractivity contribution in [1.29, 1.82) is 0 Å². The van der Waals surface area contributed by atoms with E-state index in [0.29, 0.717) is 0 Å². The quantitative estimate of drug-likeness (QED) is 0.368. The first-order valence-electron chi connectivity index (χ1n) is 2.82. The van der Waals surface area contributed by atoms with Gasteiger partial charge in [-0.3, -0.25) is 0 Å². The van der Waals surface area contributed by atoms with Gasteiger partial charge in [-0.25, -0.2) is 15.0 Å². The molecule has 0 atom stereocenters. The molecule has 0 aliphatic rings. The zero-order valence-electron chi connectivity index (χ0n) is 6.12. The van der Waals surface area contributed by atoms with Gasteiger partial charge in [0, 0.05) is 0 Å². The molecule has 4 N–H and O–H groups in total. The molecule has 0 rings (SSSR count). The number of nitrogens with zero attached hydrogens (tertiary/aromatic N) is 1. The van der Waals surface area contributed by atoms with Crippen molar-refractivity contribution in [3.05, 3.63) is 10.1 Å². The number of primary amides is 1. The Morgan fingerprint density at radius 3 is 2.38 bits per heavy atom. The van der Waals surface area contributed by atoms with Crippen LogP contribution in [-0.2, 0) is 4.79 Å². The summed E-state index contributed by atoms with van der Waals surface area (Å²) in [6.07, 6.45) is 0.850. The molecule has 0 heterocycles. The Morgan fingerprint density at radius 1 is 1.46 bits per heavy atom. The van der Waals surface area contributed by atoms with Gasteiger partial charge >= 0.3 is 12.0 Å². The molecule has 0 spiro atoms. The first-order chi connectivity index (χ1) is 5.95. The molecule has 0 radical (unpaired) electrons. The second kappa shape index (κ2) is 5.39. The number of allylic oxidation sites excluding steroid dienone is 1. The lowest BCUT2D eigenvalue weighted by Crippen LogP contribution is -2.24. The summed E-state index contributed by atoms with van der Waals surface area (Å²) >= 11 is 10.5. The Morgan fingerprint density at radius 2 is 2.00 bits per heavy atom. The van der Waals surface area contributed by atoms with Gasteiger partial charge in [-0.1, -0.05) is 23.2 Å². The van der Waals surface area contributed by atoms with E-state index in [4.69, 9.17) is 28.3 Å². The number of nitrogens with one attached hydrogen (secondary N) is 1. The lowest BCUT2D eigenvalue weighted by molar-refractivity contribution is -0.131. The van der Waals surface area contributed by atoms with Gasteiger partial charge in [0.25, 0.3) is 0 Å². The molecule has 0 aromatic heterocycles. The van der Waals surface area contributed by atoms with E-state index in [9.17, 15) is 9.59 Å². The minimum atomic E-state index is -1.39. The fraction of sp³-hybridized carbons (Fsp3) is 0. The van der Waals surface area contributed by atoms with E-state index < -0.39 is 17.0 Å². The normalized spacial score (nSPS) is 12.5. The summed E-state index contributed by atoms with van der Waals surface area (Å²) in [5.41, 5.74) is 6.45. The molecule has 0 fully saturated rings. The van der Waals surface area contributed by atoms with E-state index >= 15 is 0 Å². The number of hydrazone groups is 1. The van der Waals surface area contributed by atoms with Crippen LogP contribution < -0.4 is 11.2 Å². The summed E-state index contributed by atoms with van der Waals surface area (Å²) in [7, 11) is 0. The summed E-state index contributed by atoms with van der Waals surface area (Å²) in [4.78, 5) is 20.3. The maximum absolute atomic E-state index is 10.2. The highest BCUT2D eigenvalue weighted by atomic mass is 35.5. The summed E-state index contributed by atoms with van der Waals surface area (Å²) in [6.45, 7) is 0. The Hall–Kier alpha value is -1.27. The number of halogens is 2. The standard InChI is InChI=1S/C5H5Cl2N3O3/c6-2(3(7)4(11)12)1-9-10-5(8)13/h1H,(H,11,12)(H3,8,10,13)/b3-2-,9-1-. The smallest absolute Gasteiger partial charge is 0.348 e. The van der Waals surface area contributed by atoms with Gasteiger partial charge in [0.05, 0.1) is 11.2 Å². The third-order valence-corrected chi connectivity index (χ3v) is 1.50. The van der Waals surface area contributed by atoms with Crippen molar-refractivity contribution in [3.63, 3.8) is 0 Å². The van der Waals surface area contributed by atoms with Crippen LogP contribution in [0.4, 0.5) is 4.79 Å². The summed E-state index contributed by atoms with van der Waals surface area (Å²) in [5, 5.41) is 10.6. The van der Waals surface area contributed by atoms with Gasteiger partial charge in [-0.2, -0.15) is 5.10 Å². The summed E-state index contributed by atoms with van der Waals surface area (Å²) < 4.78 is 0. The van der Waals surface area contributed by atoms with Crippen LogP contribution >= 0.6 is 23.2 Å². The summed E-state index contributed by atoms with van der Waals surface area (Å²) in [6, 6.07) is -0.896. The minimum absolute atomic E-state index is 0.317. The number of urea groups is 1. The maximum atomic E-state index is 10.2. The first kappa shape index (κ1) is 11.7. The van der Waals surface area contributed by atoms with Crippen LogP contribution in [0.2, 0.25) is 0 Å². The van der Waals surface area contributed by atoms with Crippen molar-refractivity contribution in [2.24, 2.45) is 10.8 Å². The molecular weight excluding hydrogens is 221 g/mol. The van der Waals surface area contributed by atoms with E-state index in [2.05, 4.69) is 10.8 Å². The number of aliphatic carboxylic acids is 1. The number of rotatable bonds is 3. The van der Waals surface area contributed by atoms with Crippen LogP contribution in [0.3, 0.4) is 0 Å². The van der Waals surface area contributed by atoms with Crippen molar-refractivity contribution in [2.75, 3.05) is 0 Å². The van der Waals surface area contributed by atoms with Crippen LogP contribution in [0, 0.1) is 0 Å². The van der Waals surface area contributed by atoms with E-state index in [0.717, 1.165) is 6.21 Å². The number of carboxylic acids is 1. The largest absolute Gasteiger partial charge is 0.477 e. The van der Waals surface area contributed by atoms with Gasteiger partial charge in [-0.15, -0.1) is 0 Å². The highest BCUT2D eigenvalue weighted by Gasteiger charge is 2.07. The Bertz CT molecular complexity index is 287. The molecule has 0 aromatic rings. The lowest BCUT2D eigenvalue weighted by Gasteiger charge is -1.92. The molecule has 0 saturated heterocycles. The zero-order valence-corrected chi connectivity index (χ0v) is 7.63. The predicted octanol–water partition coefficient (Wildman–Crippen LogP) is 0.414. The van der Waals surface area contributed by atoms with Gasteiger partial charge in [0.1, 0.15) is 5.03 Å². The average molecular weight is 226 g/mol. The number of nitrogens with two attached hydrogens (primary N) is 1. The molecule has 0 unspecified atom stereocenters. The Kier molecular flexibility index (Phi) is 4.86. The average Bonchev–Trinajstić information content (AvgIpc) is 2.02. The van der Waals surface area contributed by atoms with E-state index in [-0.39, 0.29) is 5.03 Å². The molecule has 0 aliphatic carbocycles. The Balaban J connectivity index is 4.36. The van der Waals surface area contributed by atoms with Crippen molar-refractivity contribution in [2.45, 2.75) is 0 Å². The van der Waals surface area contributed by atoms with Crippen LogP contribution in [0.25, 0.3) is 0 Å². The number of carbonyl (C=O) groups excluding carboxylic acids is 1. The van der Waals surface area contributed by atoms with Crippen LogP contribution in [0.15, 0.2) is 15.2 Å². The SMILES string of the molecule is NC(=O)N/N=C\C(Cl)=C(\Cl)C(=O)O. The fourth-order valence-electron chi connectivity index (χ4n) is 0.311. The number of hydrogen-bond acceptors (Lipinski definition) is 3. The fourth-order valence-corrected chi connectivity index (χ4v) is 0.490. The molecule has 13 heavy (non-hydrogen) atoms. The number of carboxylic acid groups (broad SMARTS) is 1. The van der Waals surface area contributed by atoms with Gasteiger partial charge in [-0.05, 0) is 0 Å². The molecule has 0 bridgehead atoms.